The fourth-order valence-electron chi connectivity index (χ4n) is 2.09. The predicted molar refractivity (Wildman–Crippen MR) is 74.4 cm³/mol. The van der Waals surface area contributed by atoms with Gasteiger partial charge in [0.05, 0.1) is 0 Å². The summed E-state index contributed by atoms with van der Waals surface area (Å²) < 4.78 is 22.1. The van der Waals surface area contributed by atoms with E-state index in [0.717, 1.165) is 4.57 Å². The average Bonchev–Trinajstić information content (AvgIpc) is 2.73. The van der Waals surface area contributed by atoms with Gasteiger partial charge in [-0.05, 0) is 6.07 Å². The lowest BCUT2D eigenvalue weighted by Gasteiger charge is -2.18. The van der Waals surface area contributed by atoms with Gasteiger partial charge in [0.2, 0.25) is 0 Å². The quantitative estimate of drug-likeness (QED) is 0.319. The number of hydrogen-bond acceptors (Lipinski definition) is 9. The summed E-state index contributed by atoms with van der Waals surface area (Å²) in [7, 11) is -3.34. The molecule has 12 heteroatoms. The third-order valence-electron chi connectivity index (χ3n) is 3.00. The number of nitrogens with two attached hydrogens (primary N) is 1. The maximum absolute atomic E-state index is 11.8. The molecule has 1 fully saturated rings. The number of hydrogen-bond donors (Lipinski definition) is 3. The molecule has 1 unspecified atom stereocenters. The van der Waals surface area contributed by atoms with Gasteiger partial charge in [-0.25, -0.2) is 4.79 Å². The van der Waals surface area contributed by atoms with Crippen LogP contribution in [-0.4, -0.2) is 51.2 Å². The highest BCUT2D eigenvalue weighted by atomic mass is 31.1. The van der Waals surface area contributed by atoms with Gasteiger partial charge in [0.15, 0.2) is 6.23 Å². The third-order valence-corrected chi connectivity index (χ3v) is 3.48. The molecule has 0 saturated carbocycles. The van der Waals surface area contributed by atoms with Crippen molar-refractivity contribution in [2.24, 2.45) is 5.16 Å². The first-order valence-electron chi connectivity index (χ1n) is 6.09. The summed E-state index contributed by atoms with van der Waals surface area (Å²) in [4.78, 5) is 28.9. The fraction of sp³-hybridized carbons (Fsp3) is 0.500. The maximum Gasteiger partial charge on any atom is 0.351 e. The summed E-state index contributed by atoms with van der Waals surface area (Å²) in [5.74, 6) is 0.0117. The molecule has 0 amide bonds. The van der Waals surface area contributed by atoms with Gasteiger partial charge >= 0.3 is 13.9 Å². The molecule has 0 aromatic carbocycles. The van der Waals surface area contributed by atoms with Crippen molar-refractivity contribution in [1.82, 2.24) is 9.55 Å². The molecule has 22 heavy (non-hydrogen) atoms. The fourth-order valence-corrected chi connectivity index (χ4v) is 2.62. The first-order chi connectivity index (χ1) is 10.4. The molecular formula is C10H15N4O7P. The van der Waals surface area contributed by atoms with E-state index in [2.05, 4.69) is 16.9 Å². The maximum atomic E-state index is 11.8. The van der Waals surface area contributed by atoms with Crippen LogP contribution in [0.3, 0.4) is 0 Å². The normalized spacial score (nSPS) is 29.2. The first-order valence-corrected chi connectivity index (χ1v) is 7.36. The van der Waals surface area contributed by atoms with Crippen LogP contribution in [0.25, 0.3) is 0 Å². The van der Waals surface area contributed by atoms with E-state index in [1.165, 1.54) is 12.3 Å². The zero-order valence-corrected chi connectivity index (χ0v) is 12.2. The lowest BCUT2D eigenvalue weighted by atomic mass is 10.1. The summed E-state index contributed by atoms with van der Waals surface area (Å²) in [5, 5.41) is 13.4. The molecule has 2 rings (SSSR count). The second kappa shape index (κ2) is 6.99. The van der Waals surface area contributed by atoms with E-state index < -0.39 is 38.5 Å². The Kier molecular flexibility index (Phi) is 5.27. The van der Waals surface area contributed by atoms with Gasteiger partial charge in [-0.3, -0.25) is 9.13 Å². The number of aromatic nitrogens is 2. The Balaban J connectivity index is 2.27. The second-order valence-electron chi connectivity index (χ2n) is 4.37. The molecular weight excluding hydrogens is 319 g/mol. The molecule has 0 radical (unpaired) electrons. The largest absolute Gasteiger partial charge is 0.393 e. The number of nitrogens with zero attached hydrogens (tertiary/aromatic N) is 3. The Hall–Kier alpha value is -1.78. The SMILES string of the molecule is C=NOC[C@H]1O[C@@H](n2ccc(N)nc2=O)[C@H](O)[C@@H]1O[PH](=O)O. The highest BCUT2D eigenvalue weighted by Gasteiger charge is 2.47. The van der Waals surface area contributed by atoms with Crippen LogP contribution in [0.15, 0.2) is 22.2 Å². The van der Waals surface area contributed by atoms with Crippen LogP contribution in [0.4, 0.5) is 5.82 Å². The van der Waals surface area contributed by atoms with Crippen molar-refractivity contribution in [3.05, 3.63) is 22.7 Å². The number of aliphatic hydroxyl groups excluding tert-OH is 1. The van der Waals surface area contributed by atoms with Crippen molar-refractivity contribution in [3.8, 4) is 0 Å². The lowest BCUT2D eigenvalue weighted by molar-refractivity contribution is -0.0663. The standard InChI is InChI=1S/C10H15N4O7P/c1-12-19-4-5-8(21-22(17)18)7(15)9(20-5)14-3-2-6(11)13-10(14)16/h2-3,5,7-9,15,22H,1,4H2,(H,17,18)(H2,11,13,16)/t5-,7-,8-,9-/m1/s1. The van der Waals surface area contributed by atoms with Gasteiger partial charge in [0.1, 0.15) is 30.7 Å². The number of ether oxygens (including phenoxy) is 1. The molecule has 1 aromatic heterocycles. The van der Waals surface area contributed by atoms with Crippen LogP contribution >= 0.6 is 8.25 Å². The summed E-state index contributed by atoms with van der Waals surface area (Å²) in [5.41, 5.74) is 4.64. The zero-order valence-electron chi connectivity index (χ0n) is 11.2. The van der Waals surface area contributed by atoms with E-state index in [0.29, 0.717) is 0 Å². The molecule has 0 spiro atoms. The van der Waals surface area contributed by atoms with Crippen molar-refractivity contribution >= 4 is 20.8 Å². The molecule has 0 bridgehead atoms. The lowest BCUT2D eigenvalue weighted by Crippen LogP contribution is -2.37. The number of nitrogen functional groups attached to an aromatic ring is 1. The van der Waals surface area contributed by atoms with Gasteiger partial charge in [-0.2, -0.15) is 4.98 Å². The van der Waals surface area contributed by atoms with Gasteiger partial charge in [-0.15, -0.1) is 5.16 Å². The van der Waals surface area contributed by atoms with E-state index in [9.17, 15) is 14.5 Å². The summed E-state index contributed by atoms with van der Waals surface area (Å²) >= 11 is 0. The number of aliphatic hydroxyl groups is 1. The van der Waals surface area contributed by atoms with Gasteiger partial charge in [0, 0.05) is 12.9 Å². The van der Waals surface area contributed by atoms with E-state index in [1.54, 1.807) is 0 Å². The zero-order chi connectivity index (χ0) is 16.3. The van der Waals surface area contributed by atoms with Crippen LogP contribution in [0.2, 0.25) is 0 Å². The van der Waals surface area contributed by atoms with Crippen LogP contribution < -0.4 is 11.4 Å². The van der Waals surface area contributed by atoms with E-state index in [4.69, 9.17) is 24.7 Å². The minimum atomic E-state index is -3.34. The molecule has 122 valence electrons. The Bertz CT molecular complexity index is 624. The number of oxime groups is 1. The molecule has 1 aliphatic rings. The van der Waals surface area contributed by atoms with Crippen molar-refractivity contribution in [2.75, 3.05) is 12.3 Å². The van der Waals surface area contributed by atoms with Crippen LogP contribution in [0.1, 0.15) is 6.23 Å². The monoisotopic (exact) mass is 334 g/mol. The number of anilines is 1. The van der Waals surface area contributed by atoms with Crippen molar-refractivity contribution in [1.29, 1.82) is 0 Å². The average molecular weight is 334 g/mol. The van der Waals surface area contributed by atoms with Crippen molar-refractivity contribution < 1.29 is 28.7 Å². The Labute approximate surface area is 124 Å². The van der Waals surface area contributed by atoms with E-state index in [1.807, 2.05) is 0 Å². The summed E-state index contributed by atoms with van der Waals surface area (Å²) in [6.45, 7) is 2.93. The minimum Gasteiger partial charge on any atom is -0.393 e. The molecule has 2 heterocycles. The van der Waals surface area contributed by atoms with Crippen molar-refractivity contribution in [2.45, 2.75) is 24.5 Å². The molecule has 5 atom stereocenters. The molecule has 4 N–H and O–H groups in total. The van der Waals surface area contributed by atoms with Crippen LogP contribution in [0.5, 0.6) is 0 Å². The highest BCUT2D eigenvalue weighted by molar-refractivity contribution is 7.32. The second-order valence-corrected chi connectivity index (χ2v) is 5.14. The molecule has 0 aliphatic carbocycles. The van der Waals surface area contributed by atoms with Crippen molar-refractivity contribution in [3.63, 3.8) is 0 Å². The smallest absolute Gasteiger partial charge is 0.351 e. The molecule has 1 saturated heterocycles. The molecule has 1 aliphatic heterocycles. The minimum absolute atomic E-state index is 0.0117. The van der Waals surface area contributed by atoms with Gasteiger partial charge in [0.25, 0.3) is 0 Å². The van der Waals surface area contributed by atoms with Gasteiger partial charge in [-0.1, -0.05) is 0 Å². The van der Waals surface area contributed by atoms with E-state index >= 15 is 0 Å². The predicted octanol–water partition coefficient (Wildman–Crippen LogP) is -1.52. The Morgan fingerprint density at radius 1 is 1.64 bits per heavy atom. The Morgan fingerprint density at radius 3 is 2.95 bits per heavy atom. The first kappa shape index (κ1) is 16.6. The number of rotatable bonds is 6. The van der Waals surface area contributed by atoms with Gasteiger partial charge < -0.3 is 29.8 Å². The third kappa shape index (κ3) is 3.51. The Morgan fingerprint density at radius 2 is 2.36 bits per heavy atom. The van der Waals surface area contributed by atoms with Crippen LogP contribution in [-0.2, 0) is 18.7 Å². The van der Waals surface area contributed by atoms with Crippen LogP contribution in [0, 0.1) is 0 Å². The highest BCUT2D eigenvalue weighted by Crippen LogP contribution is 2.35. The molecule has 1 aromatic rings. The molecule has 11 nitrogen and oxygen atoms in total. The van der Waals surface area contributed by atoms with E-state index in [-0.39, 0.29) is 12.4 Å². The summed E-state index contributed by atoms with van der Waals surface area (Å²) in [6, 6.07) is 1.34. The summed E-state index contributed by atoms with van der Waals surface area (Å²) in [6.07, 6.45) is -3.41. The topological polar surface area (TPSA) is 158 Å².